The number of anilines is 1. The Kier molecular flexibility index (Phi) is 4.62. The van der Waals surface area contributed by atoms with Gasteiger partial charge in [-0.25, -0.2) is 9.97 Å². The van der Waals surface area contributed by atoms with Crippen molar-refractivity contribution in [1.82, 2.24) is 30.0 Å². The molecule has 4 heterocycles. The van der Waals surface area contributed by atoms with Crippen molar-refractivity contribution in [2.75, 3.05) is 32.1 Å². The Balaban J connectivity index is 1.62. The Morgan fingerprint density at radius 2 is 2.10 bits per heavy atom. The van der Waals surface area contributed by atoms with Crippen molar-refractivity contribution in [3.8, 4) is 23.0 Å². The minimum Gasteiger partial charge on any atom is -0.507 e. The molecule has 1 fully saturated rings. The number of methoxy groups -OCH3 is 1. The van der Waals surface area contributed by atoms with Crippen LogP contribution in [0.25, 0.3) is 33.3 Å². The molecule has 0 unspecified atom stereocenters. The largest absolute Gasteiger partial charge is 0.507 e. The molecule has 9 nitrogen and oxygen atoms in total. The fourth-order valence-electron chi connectivity index (χ4n) is 4.27. The van der Waals surface area contributed by atoms with E-state index in [0.717, 1.165) is 41.5 Å². The lowest BCUT2D eigenvalue weighted by molar-refractivity contribution is 0.403. The Labute approximate surface area is 179 Å². The summed E-state index contributed by atoms with van der Waals surface area (Å²) in [6, 6.07) is 4.35. The summed E-state index contributed by atoms with van der Waals surface area (Å²) in [5.74, 6) is 0.911. The Morgan fingerprint density at radius 3 is 2.84 bits per heavy atom. The van der Waals surface area contributed by atoms with Crippen molar-refractivity contribution in [2.24, 2.45) is 7.05 Å². The molecule has 0 amide bonds. The van der Waals surface area contributed by atoms with Crippen LogP contribution in [0.3, 0.4) is 0 Å². The van der Waals surface area contributed by atoms with Gasteiger partial charge in [0.15, 0.2) is 11.5 Å². The third-order valence-electron chi connectivity index (χ3n) is 6.02. The number of benzene rings is 1. The molecule has 3 aromatic heterocycles. The maximum atomic E-state index is 10.8. The number of ether oxygens (including phenoxy) is 1. The van der Waals surface area contributed by atoms with Gasteiger partial charge < -0.3 is 20.1 Å². The van der Waals surface area contributed by atoms with Gasteiger partial charge in [0.1, 0.15) is 5.75 Å². The molecule has 160 valence electrons. The van der Waals surface area contributed by atoms with E-state index < -0.39 is 0 Å². The first kappa shape index (κ1) is 19.5. The van der Waals surface area contributed by atoms with Gasteiger partial charge in [-0.1, -0.05) is 0 Å². The average molecular weight is 419 g/mol. The van der Waals surface area contributed by atoms with Crippen molar-refractivity contribution in [3.05, 3.63) is 30.1 Å². The number of hydrogen-bond acceptors (Lipinski definition) is 8. The van der Waals surface area contributed by atoms with Crippen LogP contribution in [-0.2, 0) is 7.05 Å². The van der Waals surface area contributed by atoms with Crippen LogP contribution in [0.2, 0.25) is 0 Å². The monoisotopic (exact) mass is 419 g/mol. The van der Waals surface area contributed by atoms with Crippen molar-refractivity contribution in [3.63, 3.8) is 0 Å². The number of phenolic OH excluding ortho intramolecular Hbond substituents is 1. The fraction of sp³-hybridized carbons (Fsp3) is 0.364. The summed E-state index contributed by atoms with van der Waals surface area (Å²) >= 11 is 0. The number of nitrogens with one attached hydrogen (secondary N) is 1. The van der Waals surface area contributed by atoms with Crippen LogP contribution in [0.1, 0.15) is 12.0 Å². The predicted octanol–water partition coefficient (Wildman–Crippen LogP) is 2.40. The lowest BCUT2D eigenvalue weighted by Gasteiger charge is -2.19. The molecule has 1 atom stereocenters. The van der Waals surface area contributed by atoms with Gasteiger partial charge in [-0.05, 0) is 32.5 Å². The van der Waals surface area contributed by atoms with Gasteiger partial charge in [-0.2, -0.15) is 10.1 Å². The summed E-state index contributed by atoms with van der Waals surface area (Å²) in [4.78, 5) is 16.2. The molecule has 9 heteroatoms. The molecule has 1 aliphatic heterocycles. The number of aromatic nitrogens is 5. The van der Waals surface area contributed by atoms with Gasteiger partial charge in [0.25, 0.3) is 0 Å². The normalized spacial score (nSPS) is 16.5. The van der Waals surface area contributed by atoms with E-state index in [4.69, 9.17) is 4.74 Å². The molecule has 0 bridgehead atoms. The van der Waals surface area contributed by atoms with Crippen molar-refractivity contribution in [2.45, 2.75) is 19.4 Å². The summed E-state index contributed by atoms with van der Waals surface area (Å²) < 4.78 is 7.32. The molecule has 0 radical (unpaired) electrons. The first-order valence-corrected chi connectivity index (χ1v) is 10.3. The van der Waals surface area contributed by atoms with Crippen LogP contribution in [0.5, 0.6) is 11.6 Å². The van der Waals surface area contributed by atoms with E-state index in [1.807, 2.05) is 45.5 Å². The van der Waals surface area contributed by atoms with E-state index in [1.54, 1.807) is 11.8 Å². The number of pyridine rings is 1. The molecular weight excluding hydrogens is 394 g/mol. The van der Waals surface area contributed by atoms with Crippen molar-refractivity contribution >= 4 is 27.6 Å². The molecule has 4 aromatic rings. The van der Waals surface area contributed by atoms with E-state index in [-0.39, 0.29) is 5.75 Å². The number of fused-ring (bicyclic) bond motifs is 2. The highest BCUT2D eigenvalue weighted by Gasteiger charge is 2.23. The predicted molar refractivity (Wildman–Crippen MR) is 120 cm³/mol. The van der Waals surface area contributed by atoms with Crippen LogP contribution >= 0.6 is 0 Å². The van der Waals surface area contributed by atoms with Crippen LogP contribution < -0.4 is 15.0 Å². The molecule has 1 saturated heterocycles. The van der Waals surface area contributed by atoms with E-state index in [1.165, 1.54) is 0 Å². The van der Waals surface area contributed by atoms with E-state index in [9.17, 15) is 5.11 Å². The highest BCUT2D eigenvalue weighted by Crippen LogP contribution is 2.37. The fourth-order valence-corrected chi connectivity index (χ4v) is 4.27. The molecule has 31 heavy (non-hydrogen) atoms. The second-order valence-electron chi connectivity index (χ2n) is 7.98. The smallest absolute Gasteiger partial charge is 0.226 e. The quantitative estimate of drug-likeness (QED) is 0.520. The minimum atomic E-state index is 0.111. The van der Waals surface area contributed by atoms with Crippen LogP contribution in [0, 0.1) is 6.92 Å². The number of aryl methyl sites for hydroxylation is 2. The summed E-state index contributed by atoms with van der Waals surface area (Å²) in [6.45, 7) is 3.74. The third-order valence-corrected chi connectivity index (χ3v) is 6.02. The first-order valence-electron chi connectivity index (χ1n) is 10.3. The first-order chi connectivity index (χ1) is 15.0. The van der Waals surface area contributed by atoms with Crippen LogP contribution in [0.4, 0.5) is 5.69 Å². The molecule has 1 aromatic carbocycles. The standard InChI is InChI=1S/C22H25N7O2/c1-12-18-13(10-28(3)27-18)7-16(19(12)30)21-25-20-17(22(26-21)31-4)8-15(9-24-20)29-6-5-14(11-29)23-2/h7-10,14,23,30H,5-6,11H2,1-4H3/t14-/m1/s1. The van der Waals surface area contributed by atoms with Gasteiger partial charge in [-0.15, -0.1) is 0 Å². The van der Waals surface area contributed by atoms with Gasteiger partial charge in [0.05, 0.1) is 35.5 Å². The highest BCUT2D eigenvalue weighted by molar-refractivity contribution is 5.91. The number of hydrogen-bond donors (Lipinski definition) is 2. The van der Waals surface area contributed by atoms with Gasteiger partial charge in [0, 0.05) is 43.3 Å². The Morgan fingerprint density at radius 1 is 1.26 bits per heavy atom. The second-order valence-corrected chi connectivity index (χ2v) is 7.98. The lowest BCUT2D eigenvalue weighted by Crippen LogP contribution is -2.29. The SMILES string of the molecule is CN[C@@H]1CCN(c2cnc3nc(-c4cc5cn(C)nc5c(C)c4O)nc(OC)c3c2)C1. The zero-order valence-corrected chi connectivity index (χ0v) is 18.0. The maximum Gasteiger partial charge on any atom is 0.226 e. The number of rotatable bonds is 4. The van der Waals surface area contributed by atoms with E-state index >= 15 is 0 Å². The lowest BCUT2D eigenvalue weighted by atomic mass is 10.1. The molecule has 5 rings (SSSR count). The summed E-state index contributed by atoms with van der Waals surface area (Å²) in [6.07, 6.45) is 4.84. The maximum absolute atomic E-state index is 10.8. The second kappa shape index (κ2) is 7.35. The van der Waals surface area contributed by atoms with Crippen molar-refractivity contribution in [1.29, 1.82) is 0 Å². The Hall–Kier alpha value is -3.46. The number of nitrogens with zero attached hydrogens (tertiary/aromatic N) is 6. The van der Waals surface area contributed by atoms with E-state index in [2.05, 4.69) is 30.3 Å². The average Bonchev–Trinajstić information content (AvgIpc) is 3.41. The van der Waals surface area contributed by atoms with Crippen LogP contribution in [0.15, 0.2) is 24.5 Å². The molecule has 0 spiro atoms. The van der Waals surface area contributed by atoms with Gasteiger partial charge in [0.2, 0.25) is 5.88 Å². The van der Waals surface area contributed by atoms with Crippen LogP contribution in [-0.4, -0.2) is 63.1 Å². The third kappa shape index (κ3) is 3.21. The minimum absolute atomic E-state index is 0.111. The molecular formula is C22H25N7O2. The topological polar surface area (TPSA) is 101 Å². The molecule has 2 N–H and O–H groups in total. The van der Waals surface area contributed by atoms with E-state index in [0.29, 0.717) is 34.5 Å². The number of aromatic hydroxyl groups is 1. The zero-order valence-electron chi connectivity index (χ0n) is 18.0. The highest BCUT2D eigenvalue weighted by atomic mass is 16.5. The summed E-state index contributed by atoms with van der Waals surface area (Å²) in [5.41, 5.74) is 3.52. The van der Waals surface area contributed by atoms with Crippen molar-refractivity contribution < 1.29 is 9.84 Å². The molecule has 1 aliphatic rings. The van der Waals surface area contributed by atoms with Gasteiger partial charge >= 0.3 is 0 Å². The molecule has 0 aliphatic carbocycles. The zero-order chi connectivity index (χ0) is 21.7. The number of likely N-dealkylation sites (N-methyl/N-ethyl adjacent to an activating group) is 1. The number of phenols is 1. The Bertz CT molecular complexity index is 1300. The summed E-state index contributed by atoms with van der Waals surface area (Å²) in [5, 5.41) is 20.2. The van der Waals surface area contributed by atoms with Gasteiger partial charge in [-0.3, -0.25) is 4.68 Å². The molecule has 0 saturated carbocycles. The summed E-state index contributed by atoms with van der Waals surface area (Å²) in [7, 11) is 5.43.